The number of carbonyl (C=O) groups is 1. The number of hydrogen-bond acceptors (Lipinski definition) is 6. The number of fused-ring (bicyclic) bond motifs is 1. The minimum atomic E-state index is -0.288. The van der Waals surface area contributed by atoms with E-state index in [4.69, 9.17) is 4.98 Å². The Balaban J connectivity index is 1.45. The number of amides is 1. The van der Waals surface area contributed by atoms with Crippen LogP contribution in [0.2, 0.25) is 0 Å². The molecule has 0 bridgehead atoms. The first-order valence-electron chi connectivity index (χ1n) is 9.73. The highest BCUT2D eigenvalue weighted by Crippen LogP contribution is 2.40. The van der Waals surface area contributed by atoms with Gasteiger partial charge < -0.3 is 0 Å². The molecular formula is C22H19FN4OS2. The molecule has 1 fully saturated rings. The van der Waals surface area contributed by atoms with Crippen LogP contribution in [0, 0.1) is 26.6 Å². The van der Waals surface area contributed by atoms with E-state index in [1.54, 1.807) is 12.1 Å². The van der Waals surface area contributed by atoms with Crippen LogP contribution in [0.4, 0.5) is 9.52 Å². The molecule has 1 aliphatic carbocycles. The number of thiazole rings is 1. The molecule has 8 heteroatoms. The van der Waals surface area contributed by atoms with Crippen LogP contribution in [0.1, 0.15) is 50.4 Å². The van der Waals surface area contributed by atoms with Gasteiger partial charge in [-0.1, -0.05) is 0 Å². The molecule has 30 heavy (non-hydrogen) atoms. The number of halogens is 1. The summed E-state index contributed by atoms with van der Waals surface area (Å²) < 4.78 is 13.2. The van der Waals surface area contributed by atoms with E-state index in [1.807, 2.05) is 20.8 Å². The van der Waals surface area contributed by atoms with Crippen molar-refractivity contribution in [2.24, 2.45) is 0 Å². The van der Waals surface area contributed by atoms with E-state index in [1.165, 1.54) is 34.8 Å². The predicted molar refractivity (Wildman–Crippen MR) is 119 cm³/mol. The second-order valence-corrected chi connectivity index (χ2v) is 9.76. The first-order valence-corrected chi connectivity index (χ1v) is 11.4. The second kappa shape index (κ2) is 7.21. The lowest BCUT2D eigenvalue weighted by Crippen LogP contribution is -2.11. The lowest BCUT2D eigenvalue weighted by molar-refractivity contribution is 0.103. The number of aryl methyl sites for hydroxylation is 3. The van der Waals surface area contributed by atoms with Gasteiger partial charge in [-0.3, -0.25) is 10.1 Å². The maximum absolute atomic E-state index is 13.2. The van der Waals surface area contributed by atoms with Gasteiger partial charge >= 0.3 is 0 Å². The average Bonchev–Trinajstić information content (AvgIpc) is 3.42. The summed E-state index contributed by atoms with van der Waals surface area (Å²) in [7, 11) is 0. The molecule has 0 atom stereocenters. The van der Waals surface area contributed by atoms with Gasteiger partial charge in [-0.05, 0) is 63.4 Å². The van der Waals surface area contributed by atoms with Crippen molar-refractivity contribution in [1.82, 2.24) is 15.0 Å². The van der Waals surface area contributed by atoms with E-state index in [9.17, 15) is 9.18 Å². The van der Waals surface area contributed by atoms with Crippen LogP contribution in [0.3, 0.4) is 0 Å². The Labute approximate surface area is 181 Å². The predicted octanol–water partition coefficient (Wildman–Crippen LogP) is 6.01. The molecule has 5 nitrogen and oxygen atoms in total. The summed E-state index contributed by atoms with van der Waals surface area (Å²) in [6, 6.07) is 6.20. The standard InChI is InChI=1S/C22H19FN4OS2/c1-10-16-11(2)24-19(14-4-5-14)26-21(16)30-18(10)20(28)27-22-25-17(12(3)29-22)13-6-8-15(23)9-7-13/h6-9,14H,4-5H2,1-3H3,(H,25,27,28). The highest BCUT2D eigenvalue weighted by molar-refractivity contribution is 7.21. The van der Waals surface area contributed by atoms with Crippen LogP contribution in [0.15, 0.2) is 24.3 Å². The zero-order chi connectivity index (χ0) is 21.0. The van der Waals surface area contributed by atoms with Gasteiger partial charge in [0.15, 0.2) is 5.13 Å². The Bertz CT molecular complexity index is 1290. The lowest BCUT2D eigenvalue weighted by Gasteiger charge is -2.02. The van der Waals surface area contributed by atoms with Crippen molar-refractivity contribution in [2.75, 3.05) is 5.32 Å². The summed E-state index contributed by atoms with van der Waals surface area (Å²) >= 11 is 2.81. The highest BCUT2D eigenvalue weighted by atomic mass is 32.1. The molecule has 1 saturated carbocycles. The molecule has 0 unspecified atom stereocenters. The summed E-state index contributed by atoms with van der Waals surface area (Å²) in [6.45, 7) is 5.86. The number of thiophene rings is 1. The van der Waals surface area contributed by atoms with Crippen molar-refractivity contribution in [2.45, 2.75) is 39.5 Å². The van der Waals surface area contributed by atoms with Crippen LogP contribution in [0.5, 0.6) is 0 Å². The van der Waals surface area contributed by atoms with Crippen LogP contribution < -0.4 is 5.32 Å². The molecule has 1 aliphatic rings. The fourth-order valence-corrected chi connectivity index (χ4v) is 5.55. The maximum Gasteiger partial charge on any atom is 0.267 e. The van der Waals surface area contributed by atoms with Gasteiger partial charge in [0, 0.05) is 21.7 Å². The van der Waals surface area contributed by atoms with Gasteiger partial charge in [0.2, 0.25) is 0 Å². The molecule has 152 valence electrons. The van der Waals surface area contributed by atoms with Crippen molar-refractivity contribution in [3.05, 3.63) is 56.9 Å². The van der Waals surface area contributed by atoms with Gasteiger partial charge in [0.25, 0.3) is 5.91 Å². The Morgan fingerprint density at radius 1 is 1.07 bits per heavy atom. The third kappa shape index (κ3) is 3.40. The summed E-state index contributed by atoms with van der Waals surface area (Å²) in [5.41, 5.74) is 3.40. The van der Waals surface area contributed by atoms with Gasteiger partial charge in [-0.2, -0.15) is 0 Å². The summed E-state index contributed by atoms with van der Waals surface area (Å²) in [5, 5.41) is 4.42. The fraction of sp³-hybridized carbons (Fsp3) is 0.273. The van der Waals surface area contributed by atoms with E-state index in [0.717, 1.165) is 56.3 Å². The molecule has 4 aromatic rings. The molecule has 3 heterocycles. The fourth-order valence-electron chi connectivity index (χ4n) is 3.58. The minimum absolute atomic E-state index is 0.192. The third-order valence-corrected chi connectivity index (χ3v) is 7.34. The molecule has 5 rings (SSSR count). The third-order valence-electron chi connectivity index (χ3n) is 5.27. The number of carbonyl (C=O) groups excluding carboxylic acids is 1. The molecule has 1 amide bonds. The summed E-state index contributed by atoms with van der Waals surface area (Å²) in [6.07, 6.45) is 2.28. The van der Waals surface area contributed by atoms with Crippen molar-refractivity contribution in [3.63, 3.8) is 0 Å². The summed E-state index contributed by atoms with van der Waals surface area (Å²) in [5.74, 6) is 0.884. The van der Waals surface area contributed by atoms with Crippen LogP contribution in [-0.2, 0) is 0 Å². The Morgan fingerprint density at radius 3 is 2.50 bits per heavy atom. The van der Waals surface area contributed by atoms with E-state index in [2.05, 4.69) is 15.3 Å². The molecule has 3 aromatic heterocycles. The maximum atomic E-state index is 13.2. The summed E-state index contributed by atoms with van der Waals surface area (Å²) in [4.78, 5) is 29.4. The van der Waals surface area contributed by atoms with Crippen molar-refractivity contribution >= 4 is 43.9 Å². The second-order valence-electron chi connectivity index (χ2n) is 7.56. The first kappa shape index (κ1) is 19.3. The number of aromatic nitrogens is 3. The highest BCUT2D eigenvalue weighted by Gasteiger charge is 2.28. The number of nitrogens with one attached hydrogen (secondary N) is 1. The van der Waals surface area contributed by atoms with Crippen molar-refractivity contribution < 1.29 is 9.18 Å². The van der Waals surface area contributed by atoms with Crippen LogP contribution in [0.25, 0.3) is 21.5 Å². The van der Waals surface area contributed by atoms with E-state index in [-0.39, 0.29) is 11.7 Å². The smallest absolute Gasteiger partial charge is 0.267 e. The Morgan fingerprint density at radius 2 is 1.80 bits per heavy atom. The monoisotopic (exact) mass is 438 g/mol. The molecule has 0 radical (unpaired) electrons. The average molecular weight is 439 g/mol. The van der Waals surface area contributed by atoms with E-state index < -0.39 is 0 Å². The Hall–Kier alpha value is -2.71. The number of rotatable bonds is 4. The van der Waals surface area contributed by atoms with E-state index in [0.29, 0.717) is 15.9 Å². The topological polar surface area (TPSA) is 67.8 Å². The molecular weight excluding hydrogens is 419 g/mol. The zero-order valence-corrected chi connectivity index (χ0v) is 18.4. The van der Waals surface area contributed by atoms with Crippen molar-refractivity contribution in [1.29, 1.82) is 0 Å². The molecule has 0 spiro atoms. The van der Waals surface area contributed by atoms with Crippen LogP contribution in [-0.4, -0.2) is 20.9 Å². The van der Waals surface area contributed by atoms with Gasteiger partial charge in [0.1, 0.15) is 16.5 Å². The van der Waals surface area contributed by atoms with Gasteiger partial charge in [-0.25, -0.2) is 19.3 Å². The van der Waals surface area contributed by atoms with E-state index >= 15 is 0 Å². The largest absolute Gasteiger partial charge is 0.297 e. The lowest BCUT2D eigenvalue weighted by atomic mass is 10.1. The molecule has 1 aromatic carbocycles. The molecule has 0 aliphatic heterocycles. The van der Waals surface area contributed by atoms with Gasteiger partial charge in [-0.15, -0.1) is 22.7 Å². The first-order chi connectivity index (χ1) is 14.4. The normalized spacial score (nSPS) is 13.7. The zero-order valence-electron chi connectivity index (χ0n) is 16.7. The Kier molecular flexibility index (Phi) is 4.63. The van der Waals surface area contributed by atoms with Crippen LogP contribution >= 0.6 is 22.7 Å². The number of benzene rings is 1. The number of hydrogen-bond donors (Lipinski definition) is 1. The molecule has 1 N–H and O–H groups in total. The number of nitrogens with zero attached hydrogens (tertiary/aromatic N) is 3. The van der Waals surface area contributed by atoms with Crippen molar-refractivity contribution in [3.8, 4) is 11.3 Å². The van der Waals surface area contributed by atoms with Gasteiger partial charge in [0.05, 0.1) is 16.3 Å². The minimum Gasteiger partial charge on any atom is -0.297 e. The molecule has 0 saturated heterocycles. The number of anilines is 1. The quantitative estimate of drug-likeness (QED) is 0.424. The SMILES string of the molecule is Cc1sc(NC(=O)c2sc3nc(C4CC4)nc(C)c3c2C)nc1-c1ccc(F)cc1.